The van der Waals surface area contributed by atoms with Crippen LogP contribution in [0.2, 0.25) is 0 Å². The van der Waals surface area contributed by atoms with E-state index in [4.69, 9.17) is 5.73 Å². The molecular formula is C14H23N5. The summed E-state index contributed by atoms with van der Waals surface area (Å²) in [6, 6.07) is 0. The van der Waals surface area contributed by atoms with Crippen molar-refractivity contribution in [3.63, 3.8) is 0 Å². The monoisotopic (exact) mass is 261 g/mol. The predicted molar refractivity (Wildman–Crippen MR) is 77.9 cm³/mol. The van der Waals surface area contributed by atoms with Gasteiger partial charge in [-0.05, 0) is 27.2 Å². The highest BCUT2D eigenvalue weighted by atomic mass is 15.3. The maximum Gasteiger partial charge on any atom is 0.119 e. The third-order valence-corrected chi connectivity index (χ3v) is 3.45. The summed E-state index contributed by atoms with van der Waals surface area (Å²) in [5, 5.41) is 9.15. The number of aromatic nitrogens is 4. The number of anilines is 1. The van der Waals surface area contributed by atoms with Crippen LogP contribution in [0.25, 0.3) is 11.3 Å². The molecule has 5 heteroatoms. The molecule has 0 saturated carbocycles. The summed E-state index contributed by atoms with van der Waals surface area (Å²) in [5.41, 5.74) is 10.9. The Labute approximate surface area is 114 Å². The van der Waals surface area contributed by atoms with Crippen molar-refractivity contribution < 1.29 is 0 Å². The Bertz CT molecular complexity index is 565. The van der Waals surface area contributed by atoms with Gasteiger partial charge in [0.1, 0.15) is 5.69 Å². The van der Waals surface area contributed by atoms with E-state index in [0.717, 1.165) is 54.3 Å². The van der Waals surface area contributed by atoms with Crippen LogP contribution in [0.4, 0.5) is 5.69 Å². The van der Waals surface area contributed by atoms with Crippen LogP contribution in [-0.4, -0.2) is 19.6 Å². The van der Waals surface area contributed by atoms with Crippen molar-refractivity contribution in [3.8, 4) is 11.3 Å². The zero-order chi connectivity index (χ0) is 14.0. The summed E-state index contributed by atoms with van der Waals surface area (Å²) < 4.78 is 3.94. The van der Waals surface area contributed by atoms with Gasteiger partial charge in [-0.25, -0.2) is 0 Å². The van der Waals surface area contributed by atoms with Crippen molar-refractivity contribution in [3.05, 3.63) is 17.6 Å². The first-order chi connectivity index (χ1) is 9.08. The first-order valence-corrected chi connectivity index (χ1v) is 6.95. The highest BCUT2D eigenvalue weighted by Gasteiger charge is 2.18. The van der Waals surface area contributed by atoms with E-state index in [-0.39, 0.29) is 0 Å². The molecule has 19 heavy (non-hydrogen) atoms. The van der Waals surface area contributed by atoms with Gasteiger partial charge in [-0.3, -0.25) is 9.36 Å². The van der Waals surface area contributed by atoms with Crippen LogP contribution in [0, 0.1) is 13.8 Å². The van der Waals surface area contributed by atoms with Crippen molar-refractivity contribution in [2.45, 2.75) is 53.6 Å². The number of unbranched alkanes of at least 4 members (excludes halogenated alkanes) is 1. The molecule has 0 saturated heterocycles. The maximum atomic E-state index is 6.11. The number of aryl methyl sites for hydroxylation is 3. The van der Waals surface area contributed by atoms with Gasteiger partial charge in [-0.1, -0.05) is 13.3 Å². The lowest BCUT2D eigenvalue weighted by Gasteiger charge is -2.01. The van der Waals surface area contributed by atoms with Gasteiger partial charge in [-0.2, -0.15) is 10.2 Å². The number of nitrogens with two attached hydrogens (primary N) is 1. The predicted octanol–water partition coefficient (Wildman–Crippen LogP) is 2.77. The van der Waals surface area contributed by atoms with Gasteiger partial charge >= 0.3 is 0 Å². The van der Waals surface area contributed by atoms with E-state index in [1.807, 2.05) is 22.5 Å². The lowest BCUT2D eigenvalue weighted by molar-refractivity contribution is 0.573. The minimum absolute atomic E-state index is 0.734. The smallest absolute Gasteiger partial charge is 0.119 e. The van der Waals surface area contributed by atoms with Crippen molar-refractivity contribution in [2.75, 3.05) is 5.73 Å². The minimum atomic E-state index is 0.734. The molecule has 0 amide bonds. The van der Waals surface area contributed by atoms with Crippen molar-refractivity contribution in [1.29, 1.82) is 0 Å². The zero-order valence-corrected chi connectivity index (χ0v) is 12.3. The highest BCUT2D eigenvalue weighted by molar-refractivity contribution is 5.75. The van der Waals surface area contributed by atoms with Crippen LogP contribution in [-0.2, 0) is 13.1 Å². The molecule has 0 aromatic carbocycles. The number of rotatable bonds is 5. The van der Waals surface area contributed by atoms with Gasteiger partial charge in [0, 0.05) is 30.5 Å². The Morgan fingerprint density at radius 2 is 1.95 bits per heavy atom. The molecule has 2 aromatic rings. The Morgan fingerprint density at radius 3 is 2.53 bits per heavy atom. The number of hydrogen-bond acceptors (Lipinski definition) is 3. The molecule has 0 aliphatic heterocycles. The molecule has 0 aliphatic rings. The quantitative estimate of drug-likeness (QED) is 0.900. The fourth-order valence-corrected chi connectivity index (χ4v) is 2.41. The topological polar surface area (TPSA) is 61.7 Å². The number of nitrogen functional groups attached to an aromatic ring is 1. The SMILES string of the molecule is CCCCn1cc(N)c(-c2c(C)nn(CC)c2C)n1. The van der Waals surface area contributed by atoms with Gasteiger partial charge in [0.15, 0.2) is 0 Å². The van der Waals surface area contributed by atoms with Crippen molar-refractivity contribution >= 4 is 5.69 Å². The molecule has 5 nitrogen and oxygen atoms in total. The second kappa shape index (κ2) is 5.47. The standard InChI is InChI=1S/C14H23N5/c1-5-7-8-18-9-12(15)14(17-18)13-10(3)16-19(6-2)11(13)4/h9H,5-8,15H2,1-4H3. The molecule has 0 atom stereocenters. The average Bonchev–Trinajstić information content (AvgIpc) is 2.87. The molecule has 0 radical (unpaired) electrons. The lowest BCUT2D eigenvalue weighted by atomic mass is 10.1. The zero-order valence-electron chi connectivity index (χ0n) is 12.3. The molecule has 0 spiro atoms. The van der Waals surface area contributed by atoms with E-state index in [1.54, 1.807) is 0 Å². The average molecular weight is 261 g/mol. The Morgan fingerprint density at radius 1 is 1.21 bits per heavy atom. The van der Waals surface area contributed by atoms with Crippen LogP contribution in [0.5, 0.6) is 0 Å². The molecule has 0 aliphatic carbocycles. The Balaban J connectivity index is 2.41. The molecule has 2 aromatic heterocycles. The van der Waals surface area contributed by atoms with Crippen LogP contribution >= 0.6 is 0 Å². The van der Waals surface area contributed by atoms with E-state index >= 15 is 0 Å². The summed E-state index contributed by atoms with van der Waals surface area (Å²) in [7, 11) is 0. The van der Waals surface area contributed by atoms with Crippen LogP contribution in [0.1, 0.15) is 38.1 Å². The Hall–Kier alpha value is -1.78. The molecule has 2 rings (SSSR count). The van der Waals surface area contributed by atoms with E-state index in [0.29, 0.717) is 0 Å². The maximum absolute atomic E-state index is 6.11. The lowest BCUT2D eigenvalue weighted by Crippen LogP contribution is -1.99. The molecule has 0 unspecified atom stereocenters. The second-order valence-electron chi connectivity index (χ2n) is 4.91. The fourth-order valence-electron chi connectivity index (χ4n) is 2.41. The highest BCUT2D eigenvalue weighted by Crippen LogP contribution is 2.30. The number of nitrogens with zero attached hydrogens (tertiary/aromatic N) is 4. The summed E-state index contributed by atoms with van der Waals surface area (Å²) in [6.07, 6.45) is 4.20. The largest absolute Gasteiger partial charge is 0.396 e. The summed E-state index contributed by atoms with van der Waals surface area (Å²) in [5.74, 6) is 0. The molecule has 2 heterocycles. The van der Waals surface area contributed by atoms with Gasteiger partial charge in [0.05, 0.1) is 11.4 Å². The fraction of sp³-hybridized carbons (Fsp3) is 0.571. The second-order valence-corrected chi connectivity index (χ2v) is 4.91. The van der Waals surface area contributed by atoms with Gasteiger partial charge in [0.25, 0.3) is 0 Å². The normalized spacial score (nSPS) is 11.2. The van der Waals surface area contributed by atoms with Gasteiger partial charge < -0.3 is 5.73 Å². The van der Waals surface area contributed by atoms with Crippen molar-refractivity contribution in [1.82, 2.24) is 19.6 Å². The first kappa shape index (κ1) is 13.6. The minimum Gasteiger partial charge on any atom is -0.396 e. The molecule has 2 N–H and O–H groups in total. The molecule has 0 bridgehead atoms. The van der Waals surface area contributed by atoms with E-state index in [1.165, 1.54) is 0 Å². The third kappa shape index (κ3) is 2.50. The first-order valence-electron chi connectivity index (χ1n) is 6.95. The molecule has 104 valence electrons. The van der Waals surface area contributed by atoms with E-state index in [9.17, 15) is 0 Å². The van der Waals surface area contributed by atoms with Crippen LogP contribution in [0.15, 0.2) is 6.20 Å². The summed E-state index contributed by atoms with van der Waals surface area (Å²) >= 11 is 0. The van der Waals surface area contributed by atoms with Gasteiger partial charge in [-0.15, -0.1) is 0 Å². The summed E-state index contributed by atoms with van der Waals surface area (Å²) in [4.78, 5) is 0. The third-order valence-electron chi connectivity index (χ3n) is 3.45. The number of hydrogen-bond donors (Lipinski definition) is 1. The van der Waals surface area contributed by atoms with Gasteiger partial charge in [0.2, 0.25) is 0 Å². The Kier molecular flexibility index (Phi) is 3.93. The van der Waals surface area contributed by atoms with Crippen LogP contribution in [0.3, 0.4) is 0 Å². The van der Waals surface area contributed by atoms with Crippen molar-refractivity contribution in [2.24, 2.45) is 0 Å². The van der Waals surface area contributed by atoms with E-state index in [2.05, 4.69) is 31.0 Å². The summed E-state index contributed by atoms with van der Waals surface area (Å²) in [6.45, 7) is 10.1. The van der Waals surface area contributed by atoms with E-state index < -0.39 is 0 Å². The molecule has 0 fully saturated rings. The molecular weight excluding hydrogens is 238 g/mol. The van der Waals surface area contributed by atoms with Crippen LogP contribution < -0.4 is 5.73 Å².